The molecule has 80 valence electrons. The lowest BCUT2D eigenvalue weighted by atomic mass is 9.63. The summed E-state index contributed by atoms with van der Waals surface area (Å²) in [7, 11) is 0. The normalized spacial score (nSPS) is 20.4. The fraction of sp³-hybridized carbons (Fsp3) is 0.417. The summed E-state index contributed by atoms with van der Waals surface area (Å²) in [5.74, 6) is 0. The van der Waals surface area contributed by atoms with Gasteiger partial charge in [0.15, 0.2) is 0 Å². The van der Waals surface area contributed by atoms with Crippen molar-refractivity contribution in [2.45, 2.75) is 29.5 Å². The lowest BCUT2D eigenvalue weighted by molar-refractivity contribution is -0.108. The van der Waals surface area contributed by atoms with Crippen LogP contribution in [0.25, 0.3) is 0 Å². The summed E-state index contributed by atoms with van der Waals surface area (Å²) in [5, 5.41) is 0.740. The van der Waals surface area contributed by atoms with Crippen LogP contribution >= 0.6 is 27.5 Å². The Morgan fingerprint density at radius 1 is 1.47 bits per heavy atom. The van der Waals surface area contributed by atoms with Crippen LogP contribution < -0.4 is 0 Å². The van der Waals surface area contributed by atoms with Crippen LogP contribution in [0.1, 0.15) is 24.8 Å². The molecule has 0 N–H and O–H groups in total. The minimum Gasteiger partial charge on any atom is -0.302 e. The summed E-state index contributed by atoms with van der Waals surface area (Å²) < 4.78 is 0. The molecule has 1 aliphatic rings. The van der Waals surface area contributed by atoms with E-state index in [2.05, 4.69) is 22.0 Å². The molecule has 1 nitrogen and oxygen atoms in total. The van der Waals surface area contributed by atoms with Crippen LogP contribution in [0.15, 0.2) is 24.3 Å². The molecule has 0 aliphatic heterocycles. The Balaban J connectivity index is 2.38. The van der Waals surface area contributed by atoms with Crippen molar-refractivity contribution < 1.29 is 4.79 Å². The van der Waals surface area contributed by atoms with Crippen molar-refractivity contribution in [3.05, 3.63) is 34.9 Å². The molecule has 0 heterocycles. The van der Waals surface area contributed by atoms with Gasteiger partial charge in [-0.15, -0.1) is 0 Å². The lowest BCUT2D eigenvalue weighted by Gasteiger charge is -2.44. The second-order valence-electron chi connectivity index (χ2n) is 4.06. The second-order valence-corrected chi connectivity index (χ2v) is 5.48. The van der Waals surface area contributed by atoms with Crippen LogP contribution in [0.3, 0.4) is 0 Å². The Hall–Kier alpha value is -0.340. The van der Waals surface area contributed by atoms with Gasteiger partial charge in [0.25, 0.3) is 0 Å². The van der Waals surface area contributed by atoms with E-state index in [0.29, 0.717) is 0 Å². The standard InChI is InChI=1S/C12H12BrClO/c13-11(8-15)12(5-2-6-12)9-3-1-4-10(14)7-9/h1,3-4,7-8,11H,2,5-6H2. The van der Waals surface area contributed by atoms with Gasteiger partial charge in [-0.1, -0.05) is 46.1 Å². The van der Waals surface area contributed by atoms with E-state index in [0.717, 1.165) is 24.2 Å². The van der Waals surface area contributed by atoms with E-state index in [1.54, 1.807) is 0 Å². The highest BCUT2D eigenvalue weighted by Crippen LogP contribution is 2.48. The first-order valence-corrected chi connectivity index (χ1v) is 6.34. The number of alkyl halides is 1. The zero-order valence-corrected chi connectivity index (χ0v) is 10.6. The Morgan fingerprint density at radius 2 is 2.20 bits per heavy atom. The van der Waals surface area contributed by atoms with Crippen LogP contribution in [0.5, 0.6) is 0 Å². The maximum absolute atomic E-state index is 10.9. The SMILES string of the molecule is O=CC(Br)C1(c2cccc(Cl)c2)CCC1. The first-order chi connectivity index (χ1) is 7.19. The largest absolute Gasteiger partial charge is 0.302 e. The van der Waals surface area contributed by atoms with Crippen LogP contribution in [-0.4, -0.2) is 11.1 Å². The van der Waals surface area contributed by atoms with Crippen molar-refractivity contribution in [2.24, 2.45) is 0 Å². The van der Waals surface area contributed by atoms with Gasteiger partial charge in [0.2, 0.25) is 0 Å². The van der Waals surface area contributed by atoms with Crippen LogP contribution in [0, 0.1) is 0 Å². The summed E-state index contributed by atoms with van der Waals surface area (Å²) in [4.78, 5) is 10.8. The van der Waals surface area contributed by atoms with E-state index >= 15 is 0 Å². The van der Waals surface area contributed by atoms with Crippen molar-refractivity contribution in [3.63, 3.8) is 0 Å². The molecule has 1 atom stereocenters. The van der Waals surface area contributed by atoms with Gasteiger partial charge in [-0.05, 0) is 30.5 Å². The molecular weight excluding hydrogens is 275 g/mol. The number of hydrogen-bond acceptors (Lipinski definition) is 1. The minimum absolute atomic E-state index is 0.0212. The molecule has 0 amide bonds. The number of halogens is 2. The lowest BCUT2D eigenvalue weighted by Crippen LogP contribution is -2.43. The topological polar surface area (TPSA) is 17.1 Å². The number of carbonyl (C=O) groups excluding carboxylic acids is 1. The van der Waals surface area contributed by atoms with E-state index in [9.17, 15) is 4.79 Å². The van der Waals surface area contributed by atoms with Gasteiger partial charge >= 0.3 is 0 Å². The molecule has 0 saturated heterocycles. The predicted octanol–water partition coefficient (Wildman–Crippen LogP) is 3.72. The third-order valence-electron chi connectivity index (χ3n) is 3.29. The van der Waals surface area contributed by atoms with E-state index in [1.807, 2.05) is 18.2 Å². The molecule has 1 saturated carbocycles. The second kappa shape index (κ2) is 4.26. The molecule has 0 radical (unpaired) electrons. The summed E-state index contributed by atoms with van der Waals surface area (Å²) in [6.45, 7) is 0. The summed E-state index contributed by atoms with van der Waals surface area (Å²) in [6.07, 6.45) is 4.28. The Bertz CT molecular complexity index is 374. The average molecular weight is 288 g/mol. The molecule has 1 aromatic carbocycles. The maximum Gasteiger partial charge on any atom is 0.134 e. The van der Waals surface area contributed by atoms with E-state index < -0.39 is 0 Å². The van der Waals surface area contributed by atoms with Gasteiger partial charge in [0, 0.05) is 10.4 Å². The number of aldehydes is 1. The Kier molecular flexibility index (Phi) is 3.17. The zero-order valence-electron chi connectivity index (χ0n) is 8.25. The molecule has 0 bridgehead atoms. The molecule has 1 aromatic rings. The molecule has 1 fully saturated rings. The van der Waals surface area contributed by atoms with Crippen LogP contribution in [-0.2, 0) is 10.2 Å². The highest BCUT2D eigenvalue weighted by molar-refractivity contribution is 9.10. The fourth-order valence-corrected chi connectivity index (χ4v) is 3.12. The molecule has 0 aromatic heterocycles. The van der Waals surface area contributed by atoms with E-state index in [1.165, 1.54) is 12.0 Å². The molecular formula is C12H12BrClO. The first-order valence-electron chi connectivity index (χ1n) is 5.04. The van der Waals surface area contributed by atoms with E-state index in [4.69, 9.17) is 11.6 Å². The van der Waals surface area contributed by atoms with Gasteiger partial charge in [-0.25, -0.2) is 0 Å². The molecule has 1 aliphatic carbocycles. The van der Waals surface area contributed by atoms with Gasteiger partial charge in [0.05, 0.1) is 4.83 Å². The van der Waals surface area contributed by atoms with Gasteiger partial charge < -0.3 is 4.79 Å². The van der Waals surface area contributed by atoms with Crippen LogP contribution in [0.2, 0.25) is 5.02 Å². The summed E-state index contributed by atoms with van der Waals surface area (Å²) >= 11 is 9.44. The van der Waals surface area contributed by atoms with Crippen molar-refractivity contribution >= 4 is 33.8 Å². The maximum atomic E-state index is 10.9. The zero-order chi connectivity index (χ0) is 10.9. The van der Waals surface area contributed by atoms with Crippen molar-refractivity contribution in [3.8, 4) is 0 Å². The van der Waals surface area contributed by atoms with Crippen molar-refractivity contribution in [1.29, 1.82) is 0 Å². The number of rotatable bonds is 3. The summed E-state index contributed by atoms with van der Waals surface area (Å²) in [5.41, 5.74) is 1.15. The molecule has 15 heavy (non-hydrogen) atoms. The average Bonchev–Trinajstić information content (AvgIpc) is 2.16. The van der Waals surface area contributed by atoms with Crippen molar-refractivity contribution in [1.82, 2.24) is 0 Å². The Morgan fingerprint density at radius 3 is 2.67 bits per heavy atom. The molecule has 3 heteroatoms. The van der Waals surface area contributed by atoms with Crippen LogP contribution in [0.4, 0.5) is 0 Å². The third-order valence-corrected chi connectivity index (χ3v) is 4.62. The van der Waals surface area contributed by atoms with Gasteiger partial charge in [-0.3, -0.25) is 0 Å². The number of hydrogen-bond donors (Lipinski definition) is 0. The first kappa shape index (κ1) is 11.2. The Labute approximate surface area is 103 Å². The highest BCUT2D eigenvalue weighted by Gasteiger charge is 2.44. The number of benzene rings is 1. The molecule has 0 spiro atoms. The fourth-order valence-electron chi connectivity index (χ4n) is 2.21. The smallest absolute Gasteiger partial charge is 0.134 e. The summed E-state index contributed by atoms with van der Waals surface area (Å²) in [6, 6.07) is 7.84. The highest BCUT2D eigenvalue weighted by atomic mass is 79.9. The minimum atomic E-state index is -0.0998. The van der Waals surface area contributed by atoms with Crippen molar-refractivity contribution in [2.75, 3.05) is 0 Å². The third kappa shape index (κ3) is 1.85. The van der Waals surface area contributed by atoms with Gasteiger partial charge in [-0.2, -0.15) is 0 Å². The quantitative estimate of drug-likeness (QED) is 0.611. The predicted molar refractivity (Wildman–Crippen MR) is 65.8 cm³/mol. The van der Waals surface area contributed by atoms with E-state index in [-0.39, 0.29) is 10.2 Å². The molecule has 1 unspecified atom stereocenters. The molecule has 2 rings (SSSR count). The van der Waals surface area contributed by atoms with Gasteiger partial charge in [0.1, 0.15) is 6.29 Å². The monoisotopic (exact) mass is 286 g/mol. The number of carbonyl (C=O) groups is 1.